The van der Waals surface area contributed by atoms with Crippen LogP contribution in [-0.4, -0.2) is 47.0 Å². The molecule has 0 spiro atoms. The lowest BCUT2D eigenvalue weighted by molar-refractivity contribution is -0.139. The van der Waals surface area contributed by atoms with Gasteiger partial charge in [0.05, 0.1) is 13.1 Å². The van der Waals surface area contributed by atoms with Crippen molar-refractivity contribution >= 4 is 17.9 Å². The molecule has 1 unspecified atom stereocenters. The lowest BCUT2D eigenvalue weighted by atomic mass is 10.2. The molecule has 7 nitrogen and oxygen atoms in total. The van der Waals surface area contributed by atoms with Gasteiger partial charge in [-0.3, -0.25) is 19.8 Å². The number of carboxylic acid groups (broad SMARTS) is 1. The second-order valence-electron chi connectivity index (χ2n) is 3.47. The Kier molecular flexibility index (Phi) is 6.09. The summed E-state index contributed by atoms with van der Waals surface area (Å²) in [6.45, 7) is 3.28. The van der Waals surface area contributed by atoms with Gasteiger partial charge in [-0.1, -0.05) is 6.92 Å². The SMILES string of the molecule is CCC(C)N(CC(=O)O)CC(=O)NC(N)=O. The predicted molar refractivity (Wildman–Crippen MR) is 56.7 cm³/mol. The van der Waals surface area contributed by atoms with Gasteiger partial charge in [-0.15, -0.1) is 0 Å². The Labute approximate surface area is 93.6 Å². The molecular weight excluding hydrogens is 214 g/mol. The molecule has 0 rings (SSSR count). The van der Waals surface area contributed by atoms with Crippen molar-refractivity contribution < 1.29 is 19.5 Å². The molecule has 0 aliphatic heterocycles. The normalized spacial score (nSPS) is 12.2. The first-order chi connectivity index (χ1) is 7.36. The smallest absolute Gasteiger partial charge is 0.318 e. The molecule has 0 fully saturated rings. The maximum Gasteiger partial charge on any atom is 0.318 e. The first-order valence-corrected chi connectivity index (χ1v) is 4.92. The molecule has 0 heterocycles. The van der Waals surface area contributed by atoms with E-state index in [1.54, 1.807) is 6.92 Å². The number of carbonyl (C=O) groups is 3. The summed E-state index contributed by atoms with van der Waals surface area (Å²) in [7, 11) is 0. The van der Waals surface area contributed by atoms with E-state index in [1.165, 1.54) is 4.90 Å². The van der Waals surface area contributed by atoms with Gasteiger partial charge in [0, 0.05) is 6.04 Å². The van der Waals surface area contributed by atoms with Crippen LogP contribution in [0.3, 0.4) is 0 Å². The third-order valence-electron chi connectivity index (χ3n) is 2.16. The molecule has 7 heteroatoms. The average Bonchev–Trinajstić information content (AvgIpc) is 2.13. The molecule has 3 amide bonds. The largest absolute Gasteiger partial charge is 0.480 e. The van der Waals surface area contributed by atoms with Crippen LogP contribution >= 0.6 is 0 Å². The Morgan fingerprint density at radius 2 is 1.94 bits per heavy atom. The summed E-state index contributed by atoms with van der Waals surface area (Å²) in [4.78, 5) is 33.7. The maximum atomic E-state index is 11.2. The lowest BCUT2D eigenvalue weighted by Gasteiger charge is -2.25. The average molecular weight is 231 g/mol. The lowest BCUT2D eigenvalue weighted by Crippen LogP contribution is -2.46. The number of amides is 3. The Morgan fingerprint density at radius 3 is 2.31 bits per heavy atom. The van der Waals surface area contributed by atoms with Crippen LogP contribution in [0.15, 0.2) is 0 Å². The number of rotatable bonds is 6. The molecule has 0 aliphatic rings. The molecule has 92 valence electrons. The first kappa shape index (κ1) is 14.4. The van der Waals surface area contributed by atoms with Crippen LogP contribution in [-0.2, 0) is 9.59 Å². The molecule has 16 heavy (non-hydrogen) atoms. The molecule has 0 radical (unpaired) electrons. The minimum absolute atomic E-state index is 0.0604. The fraction of sp³-hybridized carbons (Fsp3) is 0.667. The third-order valence-corrected chi connectivity index (χ3v) is 2.16. The standard InChI is InChI=1S/C9H17N3O4/c1-3-6(2)12(5-8(14)15)4-7(13)11-9(10)16/h6H,3-5H2,1-2H3,(H,14,15)(H3,10,11,13,16). The van der Waals surface area contributed by atoms with Gasteiger partial charge in [0.2, 0.25) is 5.91 Å². The highest BCUT2D eigenvalue weighted by Gasteiger charge is 2.19. The van der Waals surface area contributed by atoms with Crippen molar-refractivity contribution in [3.8, 4) is 0 Å². The topological polar surface area (TPSA) is 113 Å². The molecule has 0 aromatic heterocycles. The fourth-order valence-electron chi connectivity index (χ4n) is 1.16. The molecule has 0 aromatic rings. The summed E-state index contributed by atoms with van der Waals surface area (Å²) in [6, 6.07) is -1.00. The molecule has 0 saturated carbocycles. The number of urea groups is 1. The Hall–Kier alpha value is -1.63. The number of hydrogen-bond acceptors (Lipinski definition) is 4. The van der Waals surface area contributed by atoms with Gasteiger partial charge in [0.15, 0.2) is 0 Å². The molecular formula is C9H17N3O4. The van der Waals surface area contributed by atoms with Gasteiger partial charge in [-0.2, -0.15) is 0 Å². The zero-order valence-corrected chi connectivity index (χ0v) is 9.40. The molecule has 1 atom stereocenters. The minimum atomic E-state index is -1.02. The van der Waals surface area contributed by atoms with E-state index in [9.17, 15) is 14.4 Å². The van der Waals surface area contributed by atoms with Crippen molar-refractivity contribution in [1.82, 2.24) is 10.2 Å². The number of hydrogen-bond donors (Lipinski definition) is 3. The van der Waals surface area contributed by atoms with Crippen molar-refractivity contribution in [2.24, 2.45) is 5.73 Å². The summed E-state index contributed by atoms with van der Waals surface area (Å²) in [5.41, 5.74) is 4.77. The third kappa shape index (κ3) is 5.97. The minimum Gasteiger partial charge on any atom is -0.480 e. The maximum absolute atomic E-state index is 11.2. The Balaban J connectivity index is 4.35. The highest BCUT2D eigenvalue weighted by Crippen LogP contribution is 2.02. The van der Waals surface area contributed by atoms with E-state index in [4.69, 9.17) is 10.8 Å². The van der Waals surface area contributed by atoms with Gasteiger partial charge < -0.3 is 10.8 Å². The molecule has 0 bridgehead atoms. The molecule has 0 aromatic carbocycles. The van der Waals surface area contributed by atoms with Crippen LogP contribution in [0.1, 0.15) is 20.3 Å². The van der Waals surface area contributed by atoms with Crippen molar-refractivity contribution in [1.29, 1.82) is 0 Å². The van der Waals surface area contributed by atoms with Gasteiger partial charge >= 0.3 is 12.0 Å². The number of carbonyl (C=O) groups excluding carboxylic acids is 2. The number of primary amides is 1. The van der Waals surface area contributed by atoms with Crippen molar-refractivity contribution in [2.45, 2.75) is 26.3 Å². The van der Waals surface area contributed by atoms with E-state index in [-0.39, 0.29) is 19.1 Å². The number of imide groups is 1. The monoisotopic (exact) mass is 231 g/mol. The van der Waals surface area contributed by atoms with E-state index >= 15 is 0 Å². The number of nitrogens with one attached hydrogen (secondary N) is 1. The van der Waals surface area contributed by atoms with Gasteiger partial charge in [-0.25, -0.2) is 4.79 Å². The van der Waals surface area contributed by atoms with Crippen LogP contribution in [0.5, 0.6) is 0 Å². The van der Waals surface area contributed by atoms with Crippen molar-refractivity contribution in [3.05, 3.63) is 0 Å². The zero-order valence-electron chi connectivity index (χ0n) is 9.40. The number of carboxylic acids is 1. The number of aliphatic carboxylic acids is 1. The van der Waals surface area contributed by atoms with Crippen LogP contribution in [0.2, 0.25) is 0 Å². The predicted octanol–water partition coefficient (Wildman–Crippen LogP) is -0.634. The molecule has 0 saturated heterocycles. The Bertz CT molecular complexity index is 280. The van der Waals surface area contributed by atoms with E-state index in [1.807, 2.05) is 12.2 Å². The van der Waals surface area contributed by atoms with Crippen LogP contribution in [0.4, 0.5) is 4.79 Å². The summed E-state index contributed by atoms with van der Waals surface area (Å²) in [5, 5.41) is 10.5. The van der Waals surface area contributed by atoms with E-state index in [0.717, 1.165) is 0 Å². The summed E-state index contributed by atoms with van der Waals surface area (Å²) in [6.07, 6.45) is 0.705. The summed E-state index contributed by atoms with van der Waals surface area (Å²) < 4.78 is 0. The number of nitrogens with two attached hydrogens (primary N) is 1. The van der Waals surface area contributed by atoms with Crippen LogP contribution in [0, 0.1) is 0 Å². The highest BCUT2D eigenvalue weighted by molar-refractivity contribution is 5.94. The second-order valence-corrected chi connectivity index (χ2v) is 3.47. The quantitative estimate of drug-likeness (QED) is 0.563. The van der Waals surface area contributed by atoms with Gasteiger partial charge in [0.1, 0.15) is 0 Å². The zero-order chi connectivity index (χ0) is 12.7. The van der Waals surface area contributed by atoms with E-state index < -0.39 is 17.9 Å². The fourth-order valence-corrected chi connectivity index (χ4v) is 1.16. The van der Waals surface area contributed by atoms with Crippen molar-refractivity contribution in [3.63, 3.8) is 0 Å². The van der Waals surface area contributed by atoms with E-state index in [2.05, 4.69) is 0 Å². The second kappa shape index (κ2) is 6.78. The summed E-state index contributed by atoms with van der Waals surface area (Å²) in [5.74, 6) is -1.62. The molecule has 4 N–H and O–H groups in total. The van der Waals surface area contributed by atoms with Crippen molar-refractivity contribution in [2.75, 3.05) is 13.1 Å². The van der Waals surface area contributed by atoms with Crippen LogP contribution in [0.25, 0.3) is 0 Å². The number of nitrogens with zero attached hydrogens (tertiary/aromatic N) is 1. The summed E-state index contributed by atoms with van der Waals surface area (Å²) >= 11 is 0. The Morgan fingerprint density at radius 1 is 1.38 bits per heavy atom. The van der Waals surface area contributed by atoms with Gasteiger partial charge in [0.25, 0.3) is 0 Å². The van der Waals surface area contributed by atoms with Gasteiger partial charge in [-0.05, 0) is 13.3 Å². The van der Waals surface area contributed by atoms with E-state index in [0.29, 0.717) is 6.42 Å². The molecule has 0 aliphatic carbocycles. The first-order valence-electron chi connectivity index (χ1n) is 4.92. The highest BCUT2D eigenvalue weighted by atomic mass is 16.4. The van der Waals surface area contributed by atoms with Crippen LogP contribution < -0.4 is 11.1 Å².